The average molecular weight is 217 g/mol. The Morgan fingerprint density at radius 1 is 1.13 bits per heavy atom. The van der Waals surface area contributed by atoms with Crippen LogP contribution in [-0.4, -0.2) is 9.55 Å². The number of hydrogen-bond donors (Lipinski definition) is 0. The zero-order valence-electron chi connectivity index (χ0n) is 8.24. The first-order chi connectivity index (χ1) is 7.27. The van der Waals surface area contributed by atoms with E-state index in [0.717, 1.165) is 10.9 Å². The lowest BCUT2D eigenvalue weighted by Crippen LogP contribution is -1.86. The molecule has 2 nitrogen and oxygen atoms in total. The van der Waals surface area contributed by atoms with E-state index in [4.69, 9.17) is 11.6 Å². The third-order valence-corrected chi connectivity index (χ3v) is 2.97. The zero-order valence-corrected chi connectivity index (χ0v) is 8.99. The number of para-hydroxylation sites is 1. The minimum absolute atomic E-state index is 0.541. The first-order valence-corrected chi connectivity index (χ1v) is 5.14. The van der Waals surface area contributed by atoms with Crippen molar-refractivity contribution in [1.82, 2.24) is 9.55 Å². The fourth-order valence-corrected chi connectivity index (χ4v) is 2.19. The van der Waals surface area contributed by atoms with Crippen molar-refractivity contribution in [2.75, 3.05) is 0 Å². The predicted molar refractivity (Wildman–Crippen MR) is 63.2 cm³/mol. The minimum atomic E-state index is 0.541. The molecule has 1 aromatic carbocycles. The molecule has 3 aromatic rings. The first kappa shape index (κ1) is 8.74. The molecule has 0 N–H and O–H groups in total. The number of nitrogens with zero attached hydrogens (tertiary/aromatic N) is 2. The van der Waals surface area contributed by atoms with E-state index in [1.807, 2.05) is 31.4 Å². The summed E-state index contributed by atoms with van der Waals surface area (Å²) in [4.78, 5) is 4.11. The van der Waals surface area contributed by atoms with Crippen molar-refractivity contribution in [3.8, 4) is 0 Å². The number of pyridine rings is 1. The smallest absolute Gasteiger partial charge is 0.129 e. The Morgan fingerprint density at radius 2 is 1.93 bits per heavy atom. The first-order valence-electron chi connectivity index (χ1n) is 4.76. The summed E-state index contributed by atoms with van der Waals surface area (Å²) in [5.74, 6) is 0. The van der Waals surface area contributed by atoms with Crippen molar-refractivity contribution in [1.29, 1.82) is 0 Å². The predicted octanol–water partition coefficient (Wildman–Crippen LogP) is 3.38. The van der Waals surface area contributed by atoms with Gasteiger partial charge < -0.3 is 4.57 Å². The summed E-state index contributed by atoms with van der Waals surface area (Å²) in [5, 5.41) is 2.92. The largest absolute Gasteiger partial charge is 0.342 e. The van der Waals surface area contributed by atoms with Gasteiger partial charge >= 0.3 is 0 Å². The van der Waals surface area contributed by atoms with E-state index in [2.05, 4.69) is 21.7 Å². The number of aryl methyl sites for hydroxylation is 1. The molecular formula is C12H9ClN2. The van der Waals surface area contributed by atoms with E-state index in [1.54, 1.807) is 0 Å². The zero-order chi connectivity index (χ0) is 10.4. The Bertz CT molecular complexity index is 655. The summed E-state index contributed by atoms with van der Waals surface area (Å²) < 4.78 is 2.13. The summed E-state index contributed by atoms with van der Waals surface area (Å²) in [6.07, 6.45) is 1.82. The van der Waals surface area contributed by atoms with Crippen molar-refractivity contribution >= 4 is 33.4 Å². The van der Waals surface area contributed by atoms with Crippen LogP contribution in [0.15, 0.2) is 36.5 Å². The highest BCUT2D eigenvalue weighted by molar-refractivity contribution is 6.30. The van der Waals surface area contributed by atoms with Crippen LogP contribution in [0.2, 0.25) is 5.15 Å². The number of halogens is 1. The van der Waals surface area contributed by atoms with E-state index in [0.29, 0.717) is 5.15 Å². The molecule has 0 saturated carbocycles. The quantitative estimate of drug-likeness (QED) is 0.527. The van der Waals surface area contributed by atoms with Gasteiger partial charge in [0.1, 0.15) is 5.15 Å². The molecule has 2 heterocycles. The second-order valence-electron chi connectivity index (χ2n) is 3.60. The molecule has 0 fully saturated rings. The molecule has 3 rings (SSSR count). The van der Waals surface area contributed by atoms with Gasteiger partial charge in [-0.25, -0.2) is 4.98 Å². The summed E-state index contributed by atoms with van der Waals surface area (Å²) >= 11 is 5.91. The van der Waals surface area contributed by atoms with Crippen LogP contribution in [0.5, 0.6) is 0 Å². The standard InChI is InChI=1S/C12H9ClN2/c1-15-10-5-3-2-4-8(10)9-6-12(13)14-7-11(9)15/h2-7H,1H3. The number of fused-ring (bicyclic) bond motifs is 3. The number of rotatable bonds is 0. The highest BCUT2D eigenvalue weighted by atomic mass is 35.5. The van der Waals surface area contributed by atoms with Crippen LogP contribution in [0.4, 0.5) is 0 Å². The molecule has 0 aliphatic rings. The lowest BCUT2D eigenvalue weighted by Gasteiger charge is -1.96. The molecule has 0 radical (unpaired) electrons. The van der Waals surface area contributed by atoms with Crippen molar-refractivity contribution < 1.29 is 0 Å². The minimum Gasteiger partial charge on any atom is -0.342 e. The SMILES string of the molecule is Cn1c2ccccc2c2cc(Cl)ncc21. The molecule has 74 valence electrons. The molecule has 0 bridgehead atoms. The third kappa shape index (κ3) is 1.15. The maximum atomic E-state index is 5.91. The summed E-state index contributed by atoms with van der Waals surface area (Å²) in [5.41, 5.74) is 2.32. The van der Waals surface area contributed by atoms with Gasteiger partial charge in [0.2, 0.25) is 0 Å². The second kappa shape index (κ2) is 2.97. The molecule has 0 aliphatic heterocycles. The maximum absolute atomic E-state index is 5.91. The van der Waals surface area contributed by atoms with Crippen molar-refractivity contribution in [2.24, 2.45) is 7.05 Å². The van der Waals surface area contributed by atoms with Crippen molar-refractivity contribution in [3.63, 3.8) is 0 Å². The highest BCUT2D eigenvalue weighted by Gasteiger charge is 2.07. The van der Waals surface area contributed by atoms with Gasteiger partial charge in [0, 0.05) is 23.3 Å². The molecule has 15 heavy (non-hydrogen) atoms. The number of benzene rings is 1. The van der Waals surface area contributed by atoms with E-state index in [1.165, 1.54) is 10.9 Å². The lowest BCUT2D eigenvalue weighted by atomic mass is 10.2. The Kier molecular flexibility index (Phi) is 1.73. The van der Waals surface area contributed by atoms with Crippen LogP contribution in [0.1, 0.15) is 0 Å². The van der Waals surface area contributed by atoms with Crippen LogP contribution in [-0.2, 0) is 7.05 Å². The van der Waals surface area contributed by atoms with Crippen LogP contribution in [0.25, 0.3) is 21.8 Å². The molecule has 0 unspecified atom stereocenters. The van der Waals surface area contributed by atoms with Gasteiger partial charge in [0.15, 0.2) is 0 Å². The van der Waals surface area contributed by atoms with Gasteiger partial charge in [-0.1, -0.05) is 29.8 Å². The fraction of sp³-hybridized carbons (Fsp3) is 0.0833. The monoisotopic (exact) mass is 216 g/mol. The molecule has 0 atom stereocenters. The summed E-state index contributed by atoms with van der Waals surface area (Å²) in [7, 11) is 2.04. The van der Waals surface area contributed by atoms with Crippen LogP contribution in [0.3, 0.4) is 0 Å². The van der Waals surface area contributed by atoms with E-state index in [-0.39, 0.29) is 0 Å². The highest BCUT2D eigenvalue weighted by Crippen LogP contribution is 2.28. The van der Waals surface area contributed by atoms with Gasteiger partial charge in [0.05, 0.1) is 11.7 Å². The molecule has 3 heteroatoms. The molecule has 0 aliphatic carbocycles. The summed E-state index contributed by atoms with van der Waals surface area (Å²) in [6.45, 7) is 0. The second-order valence-corrected chi connectivity index (χ2v) is 3.99. The van der Waals surface area contributed by atoms with Crippen molar-refractivity contribution in [2.45, 2.75) is 0 Å². The summed E-state index contributed by atoms with van der Waals surface area (Å²) in [6, 6.07) is 10.2. The molecule has 0 saturated heterocycles. The van der Waals surface area contributed by atoms with Crippen LogP contribution in [0, 0.1) is 0 Å². The molecular weight excluding hydrogens is 208 g/mol. The topological polar surface area (TPSA) is 17.8 Å². The number of aromatic nitrogens is 2. The number of hydrogen-bond acceptors (Lipinski definition) is 1. The van der Waals surface area contributed by atoms with Crippen LogP contribution >= 0.6 is 11.6 Å². The average Bonchev–Trinajstić information content (AvgIpc) is 2.54. The Balaban J connectivity index is 2.64. The van der Waals surface area contributed by atoms with Gasteiger partial charge in [-0.2, -0.15) is 0 Å². The van der Waals surface area contributed by atoms with Gasteiger partial charge in [0.25, 0.3) is 0 Å². The Labute approximate surface area is 92.1 Å². The maximum Gasteiger partial charge on any atom is 0.129 e. The van der Waals surface area contributed by atoms with Crippen molar-refractivity contribution in [3.05, 3.63) is 41.7 Å². The molecule has 0 amide bonds. The molecule has 0 spiro atoms. The van der Waals surface area contributed by atoms with E-state index in [9.17, 15) is 0 Å². The normalized spacial score (nSPS) is 11.3. The van der Waals surface area contributed by atoms with Gasteiger partial charge in [-0.15, -0.1) is 0 Å². The Hall–Kier alpha value is -1.54. The Morgan fingerprint density at radius 3 is 2.80 bits per heavy atom. The van der Waals surface area contributed by atoms with Crippen LogP contribution < -0.4 is 0 Å². The van der Waals surface area contributed by atoms with E-state index >= 15 is 0 Å². The lowest BCUT2D eigenvalue weighted by molar-refractivity contribution is 1.01. The third-order valence-electron chi connectivity index (χ3n) is 2.77. The van der Waals surface area contributed by atoms with Gasteiger partial charge in [-0.05, 0) is 12.1 Å². The fourth-order valence-electron chi connectivity index (χ4n) is 2.03. The van der Waals surface area contributed by atoms with Gasteiger partial charge in [-0.3, -0.25) is 0 Å². The molecule has 2 aromatic heterocycles. The van der Waals surface area contributed by atoms with E-state index < -0.39 is 0 Å².